The molecule has 5 heteroatoms. The van der Waals surface area contributed by atoms with Gasteiger partial charge < -0.3 is 4.42 Å². The first kappa shape index (κ1) is 32.7. The van der Waals surface area contributed by atoms with E-state index in [2.05, 4.69) is 140 Å². The fourth-order valence-corrected chi connectivity index (χ4v) is 7.96. The Balaban J connectivity index is 1.07. The minimum Gasteiger partial charge on any atom is -0.456 e. The van der Waals surface area contributed by atoms with Gasteiger partial charge in [0, 0.05) is 49.2 Å². The van der Waals surface area contributed by atoms with Gasteiger partial charge in [-0.15, -0.1) is 0 Å². The summed E-state index contributed by atoms with van der Waals surface area (Å²) in [6, 6.07) is 66.8. The molecule has 11 rings (SSSR count). The number of hydrogen-bond donors (Lipinski definition) is 0. The third-order valence-electron chi connectivity index (χ3n) is 10.7. The van der Waals surface area contributed by atoms with E-state index in [1.807, 2.05) is 54.6 Å². The number of benzene rings is 8. The first-order valence-electron chi connectivity index (χ1n) is 19.0. The van der Waals surface area contributed by atoms with Crippen LogP contribution in [-0.2, 0) is 0 Å². The zero-order valence-electron chi connectivity index (χ0n) is 30.7. The molecule has 0 aliphatic heterocycles. The molecule has 0 fully saturated rings. The highest BCUT2D eigenvalue weighted by atomic mass is 16.3. The van der Waals surface area contributed by atoms with Crippen molar-refractivity contribution in [2.75, 3.05) is 0 Å². The minimum absolute atomic E-state index is 0.608. The Hall–Kier alpha value is -7.76. The smallest absolute Gasteiger partial charge is 0.164 e. The van der Waals surface area contributed by atoms with E-state index in [4.69, 9.17) is 24.4 Å². The fourth-order valence-electron chi connectivity index (χ4n) is 7.96. The van der Waals surface area contributed by atoms with E-state index in [1.165, 1.54) is 0 Å². The average molecular weight is 729 g/mol. The summed E-state index contributed by atoms with van der Waals surface area (Å²) in [6.45, 7) is 0. The molecule has 0 saturated carbocycles. The van der Waals surface area contributed by atoms with Crippen LogP contribution in [0.4, 0.5) is 0 Å². The third kappa shape index (κ3) is 5.81. The summed E-state index contributed by atoms with van der Waals surface area (Å²) in [5.41, 5.74) is 11.8. The van der Waals surface area contributed by atoms with Crippen LogP contribution in [0.25, 0.3) is 111 Å². The summed E-state index contributed by atoms with van der Waals surface area (Å²) < 4.78 is 6.37. The predicted octanol–water partition coefficient (Wildman–Crippen LogP) is 13.5. The molecule has 11 aromatic rings. The van der Waals surface area contributed by atoms with E-state index in [0.29, 0.717) is 17.5 Å². The standard InChI is InChI=1S/C52H32N4O/c1-4-14-33(15-5-1)36-20-12-22-39(30-36)51-54-50(35-18-8-3-9-19-35)55-52(56-51)40-23-13-21-37(31-40)38-26-27-41-44(32-38)53-49(34-16-6-2-7-17-34)43-28-29-46-48(47(41)43)42-24-10-11-25-45(42)57-46/h1-32H. The number of para-hydroxylation sites is 1. The van der Waals surface area contributed by atoms with Gasteiger partial charge in [0.05, 0.1) is 11.2 Å². The van der Waals surface area contributed by atoms with Crippen LogP contribution in [0.1, 0.15) is 0 Å². The van der Waals surface area contributed by atoms with Gasteiger partial charge in [-0.25, -0.2) is 19.9 Å². The minimum atomic E-state index is 0.608. The molecule has 0 atom stereocenters. The van der Waals surface area contributed by atoms with Gasteiger partial charge >= 0.3 is 0 Å². The summed E-state index contributed by atoms with van der Waals surface area (Å²) >= 11 is 0. The maximum absolute atomic E-state index is 6.37. The van der Waals surface area contributed by atoms with Crippen molar-refractivity contribution in [1.29, 1.82) is 0 Å². The van der Waals surface area contributed by atoms with Gasteiger partial charge in [0.15, 0.2) is 17.5 Å². The molecule has 3 aromatic heterocycles. The number of pyridine rings is 1. The van der Waals surface area contributed by atoms with Crippen molar-refractivity contribution in [2.24, 2.45) is 0 Å². The number of hydrogen-bond acceptors (Lipinski definition) is 5. The highest BCUT2D eigenvalue weighted by Crippen LogP contribution is 2.42. The molecule has 57 heavy (non-hydrogen) atoms. The molecule has 0 aliphatic carbocycles. The molecule has 8 aromatic carbocycles. The van der Waals surface area contributed by atoms with Gasteiger partial charge in [-0.05, 0) is 58.7 Å². The van der Waals surface area contributed by atoms with Crippen LogP contribution in [0.5, 0.6) is 0 Å². The Labute approximate surface area is 328 Å². The molecule has 0 spiro atoms. The van der Waals surface area contributed by atoms with Crippen LogP contribution in [0.3, 0.4) is 0 Å². The average Bonchev–Trinajstić information content (AvgIpc) is 3.68. The molecule has 0 radical (unpaired) electrons. The molecule has 0 unspecified atom stereocenters. The number of nitrogens with zero attached hydrogens (tertiary/aromatic N) is 4. The Morgan fingerprint density at radius 2 is 0.789 bits per heavy atom. The van der Waals surface area contributed by atoms with Crippen LogP contribution >= 0.6 is 0 Å². The highest BCUT2D eigenvalue weighted by Gasteiger charge is 2.19. The van der Waals surface area contributed by atoms with Crippen molar-refractivity contribution in [2.45, 2.75) is 0 Å². The second-order valence-corrected chi connectivity index (χ2v) is 14.2. The van der Waals surface area contributed by atoms with Crippen molar-refractivity contribution in [3.8, 4) is 67.7 Å². The number of fused-ring (bicyclic) bond motifs is 7. The quantitative estimate of drug-likeness (QED) is 0.160. The monoisotopic (exact) mass is 728 g/mol. The molecule has 3 heterocycles. The van der Waals surface area contributed by atoms with Gasteiger partial charge in [0.2, 0.25) is 0 Å². The van der Waals surface area contributed by atoms with Crippen LogP contribution in [0.15, 0.2) is 199 Å². The second-order valence-electron chi connectivity index (χ2n) is 14.2. The van der Waals surface area contributed by atoms with Crippen molar-refractivity contribution < 1.29 is 4.42 Å². The maximum Gasteiger partial charge on any atom is 0.164 e. The maximum atomic E-state index is 6.37. The first-order valence-corrected chi connectivity index (χ1v) is 19.0. The Kier molecular flexibility index (Phi) is 7.74. The van der Waals surface area contributed by atoms with E-state index < -0.39 is 0 Å². The Morgan fingerprint density at radius 3 is 1.47 bits per heavy atom. The molecular weight excluding hydrogens is 697 g/mol. The van der Waals surface area contributed by atoms with E-state index in [-0.39, 0.29) is 0 Å². The van der Waals surface area contributed by atoms with Gasteiger partial charge in [0.25, 0.3) is 0 Å². The summed E-state index contributed by atoms with van der Waals surface area (Å²) in [4.78, 5) is 20.5. The molecular formula is C52H32N4O. The molecule has 0 amide bonds. The Bertz CT molecular complexity index is 3290. The highest BCUT2D eigenvalue weighted by molar-refractivity contribution is 6.28. The zero-order chi connectivity index (χ0) is 37.7. The summed E-state index contributed by atoms with van der Waals surface area (Å²) in [5.74, 6) is 1.85. The topological polar surface area (TPSA) is 64.7 Å². The lowest BCUT2D eigenvalue weighted by molar-refractivity contribution is 0.669. The summed E-state index contributed by atoms with van der Waals surface area (Å²) in [5, 5.41) is 5.52. The van der Waals surface area contributed by atoms with Crippen LogP contribution in [0, 0.1) is 0 Å². The predicted molar refractivity (Wildman–Crippen MR) is 233 cm³/mol. The number of aromatic nitrogens is 4. The van der Waals surface area contributed by atoms with E-state index in [1.54, 1.807) is 0 Å². The number of furan rings is 1. The van der Waals surface area contributed by atoms with Gasteiger partial charge in [-0.1, -0.05) is 158 Å². The van der Waals surface area contributed by atoms with Crippen molar-refractivity contribution >= 4 is 43.6 Å². The van der Waals surface area contributed by atoms with E-state index >= 15 is 0 Å². The lowest BCUT2D eigenvalue weighted by atomic mass is 9.94. The molecule has 0 bridgehead atoms. The van der Waals surface area contributed by atoms with Gasteiger partial charge in [-0.2, -0.15) is 0 Å². The SMILES string of the molecule is c1ccc(-c2cccc(-c3nc(-c4ccccc4)nc(-c4cccc(-c5ccc6c(c5)nc(-c5ccccc5)c5ccc7oc8ccccc8c7c56)c4)n3)c2)cc1. The normalized spacial score (nSPS) is 11.5. The third-order valence-corrected chi connectivity index (χ3v) is 10.7. The zero-order valence-corrected chi connectivity index (χ0v) is 30.7. The van der Waals surface area contributed by atoms with Crippen LogP contribution in [-0.4, -0.2) is 19.9 Å². The molecule has 5 nitrogen and oxygen atoms in total. The molecule has 0 saturated heterocycles. The van der Waals surface area contributed by atoms with Crippen molar-refractivity contribution in [3.63, 3.8) is 0 Å². The molecule has 266 valence electrons. The lowest BCUT2D eigenvalue weighted by Gasteiger charge is -2.13. The van der Waals surface area contributed by atoms with E-state index in [0.717, 1.165) is 93.8 Å². The van der Waals surface area contributed by atoms with Gasteiger partial charge in [-0.3, -0.25) is 0 Å². The molecule has 0 N–H and O–H groups in total. The largest absolute Gasteiger partial charge is 0.456 e. The lowest BCUT2D eigenvalue weighted by Crippen LogP contribution is -2.00. The van der Waals surface area contributed by atoms with Gasteiger partial charge in [0.1, 0.15) is 11.2 Å². The number of rotatable bonds is 6. The van der Waals surface area contributed by atoms with Crippen LogP contribution in [0.2, 0.25) is 0 Å². The van der Waals surface area contributed by atoms with Crippen molar-refractivity contribution in [3.05, 3.63) is 194 Å². The van der Waals surface area contributed by atoms with Crippen LogP contribution < -0.4 is 0 Å². The Morgan fingerprint density at radius 1 is 0.281 bits per heavy atom. The molecule has 0 aliphatic rings. The summed E-state index contributed by atoms with van der Waals surface area (Å²) in [7, 11) is 0. The summed E-state index contributed by atoms with van der Waals surface area (Å²) in [6.07, 6.45) is 0. The van der Waals surface area contributed by atoms with E-state index in [9.17, 15) is 0 Å². The first-order chi connectivity index (χ1) is 28.2. The fraction of sp³-hybridized carbons (Fsp3) is 0. The van der Waals surface area contributed by atoms with Crippen molar-refractivity contribution in [1.82, 2.24) is 19.9 Å². The second kappa shape index (κ2) is 13.5.